The SMILES string of the molecule is CCCc1cc(=O)oc2cc(OC(=O)C(CC)NS(=O)(=O)c3ccc(C)cc3)ccc12. The van der Waals surface area contributed by atoms with Crippen LogP contribution in [0.25, 0.3) is 11.0 Å². The molecule has 0 amide bonds. The van der Waals surface area contributed by atoms with Crippen LogP contribution >= 0.6 is 0 Å². The number of hydrogen-bond donors (Lipinski definition) is 1. The second kappa shape index (κ2) is 9.45. The maximum Gasteiger partial charge on any atom is 0.336 e. The molecular formula is C23H25NO6S. The molecule has 3 rings (SSSR count). The molecule has 7 nitrogen and oxygen atoms in total. The van der Waals surface area contributed by atoms with Crippen LogP contribution in [-0.4, -0.2) is 20.4 Å². The van der Waals surface area contributed by atoms with E-state index in [2.05, 4.69) is 4.72 Å². The van der Waals surface area contributed by atoms with E-state index in [4.69, 9.17) is 9.15 Å². The fourth-order valence-electron chi connectivity index (χ4n) is 3.21. The van der Waals surface area contributed by atoms with E-state index in [9.17, 15) is 18.0 Å². The van der Waals surface area contributed by atoms with E-state index < -0.39 is 27.7 Å². The average molecular weight is 444 g/mol. The van der Waals surface area contributed by atoms with Crippen molar-refractivity contribution >= 4 is 27.0 Å². The number of fused-ring (bicyclic) bond motifs is 1. The Morgan fingerprint density at radius 3 is 2.45 bits per heavy atom. The lowest BCUT2D eigenvalue weighted by molar-refractivity contribution is -0.136. The van der Waals surface area contributed by atoms with Gasteiger partial charge in [-0.05, 0) is 49.6 Å². The van der Waals surface area contributed by atoms with E-state index in [1.165, 1.54) is 24.3 Å². The van der Waals surface area contributed by atoms with Crippen LogP contribution in [0, 0.1) is 6.92 Å². The van der Waals surface area contributed by atoms with Crippen LogP contribution in [0.5, 0.6) is 5.75 Å². The number of carbonyl (C=O) groups excluding carboxylic acids is 1. The summed E-state index contributed by atoms with van der Waals surface area (Å²) in [6, 6.07) is 11.5. The minimum atomic E-state index is -3.89. The number of esters is 1. The minimum absolute atomic E-state index is 0.0697. The first kappa shape index (κ1) is 22.7. The summed E-state index contributed by atoms with van der Waals surface area (Å²) >= 11 is 0. The monoisotopic (exact) mass is 443 g/mol. The number of hydrogen-bond acceptors (Lipinski definition) is 6. The van der Waals surface area contributed by atoms with Crippen molar-refractivity contribution in [3.8, 4) is 5.75 Å². The molecule has 0 spiro atoms. The largest absolute Gasteiger partial charge is 0.425 e. The topological polar surface area (TPSA) is 103 Å². The summed E-state index contributed by atoms with van der Waals surface area (Å²) in [6.45, 7) is 5.55. The summed E-state index contributed by atoms with van der Waals surface area (Å²) in [5.74, 6) is -0.577. The molecule has 0 bridgehead atoms. The van der Waals surface area contributed by atoms with Gasteiger partial charge in [-0.3, -0.25) is 0 Å². The van der Waals surface area contributed by atoms with Gasteiger partial charge in [0.15, 0.2) is 0 Å². The molecule has 0 radical (unpaired) electrons. The quantitative estimate of drug-likeness (QED) is 0.323. The zero-order valence-corrected chi connectivity index (χ0v) is 18.5. The molecule has 0 fully saturated rings. The molecule has 1 unspecified atom stereocenters. The summed E-state index contributed by atoms with van der Waals surface area (Å²) in [6.07, 6.45) is 1.79. The standard InChI is InChI=1S/C23H25NO6S/c1-4-6-16-13-22(25)30-21-14-17(9-12-19(16)21)29-23(26)20(5-2)24-31(27,28)18-10-7-15(3)8-11-18/h7-14,20,24H,4-6H2,1-3H3. The molecule has 1 aromatic heterocycles. The summed E-state index contributed by atoms with van der Waals surface area (Å²) in [5, 5.41) is 0.772. The van der Waals surface area contributed by atoms with Crippen LogP contribution in [0.2, 0.25) is 0 Å². The number of nitrogens with one attached hydrogen (secondary N) is 1. The van der Waals surface area contributed by atoms with Gasteiger partial charge in [0, 0.05) is 17.5 Å². The molecule has 0 aliphatic carbocycles. The highest BCUT2D eigenvalue weighted by Gasteiger charge is 2.26. The van der Waals surface area contributed by atoms with Gasteiger partial charge in [-0.1, -0.05) is 38.0 Å². The van der Waals surface area contributed by atoms with Crippen molar-refractivity contribution in [3.63, 3.8) is 0 Å². The van der Waals surface area contributed by atoms with Crippen molar-refractivity contribution in [2.45, 2.75) is 51.0 Å². The average Bonchev–Trinajstić information content (AvgIpc) is 2.72. The third-order valence-corrected chi connectivity index (χ3v) is 6.35. The first-order valence-corrected chi connectivity index (χ1v) is 11.6. The van der Waals surface area contributed by atoms with E-state index >= 15 is 0 Å². The van der Waals surface area contributed by atoms with Crippen molar-refractivity contribution in [2.75, 3.05) is 0 Å². The van der Waals surface area contributed by atoms with Crippen LogP contribution in [0.4, 0.5) is 0 Å². The Labute approximate surface area is 181 Å². The fraction of sp³-hybridized carbons (Fsp3) is 0.304. The molecule has 164 valence electrons. The van der Waals surface area contributed by atoms with Crippen LogP contribution in [0.15, 0.2) is 62.6 Å². The van der Waals surface area contributed by atoms with E-state index in [0.29, 0.717) is 5.58 Å². The van der Waals surface area contributed by atoms with E-state index in [0.717, 1.165) is 29.4 Å². The highest BCUT2D eigenvalue weighted by molar-refractivity contribution is 7.89. The minimum Gasteiger partial charge on any atom is -0.425 e. The van der Waals surface area contributed by atoms with Crippen LogP contribution in [0.3, 0.4) is 0 Å². The van der Waals surface area contributed by atoms with Crippen LogP contribution in [0.1, 0.15) is 37.8 Å². The van der Waals surface area contributed by atoms with Gasteiger partial charge < -0.3 is 9.15 Å². The molecule has 1 heterocycles. The van der Waals surface area contributed by atoms with Gasteiger partial charge in [0.1, 0.15) is 17.4 Å². The van der Waals surface area contributed by atoms with Gasteiger partial charge >= 0.3 is 11.6 Å². The predicted octanol–water partition coefficient (Wildman–Crippen LogP) is 3.72. The molecule has 0 saturated heterocycles. The molecular weight excluding hydrogens is 418 g/mol. The van der Waals surface area contributed by atoms with Crippen molar-refractivity contribution < 1.29 is 22.4 Å². The summed E-state index contributed by atoms with van der Waals surface area (Å²) in [4.78, 5) is 24.5. The highest BCUT2D eigenvalue weighted by Crippen LogP contribution is 2.24. The number of rotatable bonds is 8. The Morgan fingerprint density at radius 2 is 1.81 bits per heavy atom. The van der Waals surface area contributed by atoms with Crippen LogP contribution < -0.4 is 15.1 Å². The third-order valence-electron chi connectivity index (χ3n) is 4.86. The molecule has 0 saturated carbocycles. The van der Waals surface area contributed by atoms with Crippen molar-refractivity contribution in [2.24, 2.45) is 0 Å². The maximum absolute atomic E-state index is 12.6. The summed E-state index contributed by atoms with van der Waals surface area (Å²) in [7, 11) is -3.89. The Kier molecular flexibility index (Phi) is 6.92. The molecule has 0 aliphatic rings. The van der Waals surface area contributed by atoms with Crippen molar-refractivity contribution in [1.82, 2.24) is 4.72 Å². The van der Waals surface area contributed by atoms with Crippen molar-refractivity contribution in [3.05, 3.63) is 70.1 Å². The number of aryl methyl sites for hydroxylation is 2. The van der Waals surface area contributed by atoms with Gasteiger partial charge in [0.2, 0.25) is 10.0 Å². The van der Waals surface area contributed by atoms with Crippen LogP contribution in [-0.2, 0) is 21.2 Å². The van der Waals surface area contributed by atoms with Gasteiger partial charge in [-0.25, -0.2) is 18.0 Å². The second-order valence-electron chi connectivity index (χ2n) is 7.31. The van der Waals surface area contributed by atoms with Gasteiger partial charge in [-0.15, -0.1) is 0 Å². The summed E-state index contributed by atoms with van der Waals surface area (Å²) in [5.41, 5.74) is 1.63. The van der Waals surface area contributed by atoms with Gasteiger partial charge in [-0.2, -0.15) is 4.72 Å². The normalized spacial score (nSPS) is 12.6. The lowest BCUT2D eigenvalue weighted by atomic mass is 10.1. The second-order valence-corrected chi connectivity index (χ2v) is 9.03. The molecule has 1 atom stereocenters. The molecule has 3 aromatic rings. The number of benzene rings is 2. The van der Waals surface area contributed by atoms with E-state index in [-0.39, 0.29) is 17.1 Å². The number of ether oxygens (including phenoxy) is 1. The third kappa shape index (κ3) is 5.39. The smallest absolute Gasteiger partial charge is 0.336 e. The first-order valence-electron chi connectivity index (χ1n) is 10.1. The molecule has 1 N–H and O–H groups in total. The number of sulfonamides is 1. The first-order chi connectivity index (χ1) is 14.7. The Bertz CT molecular complexity index is 1250. The fourth-order valence-corrected chi connectivity index (χ4v) is 4.48. The molecule has 2 aromatic carbocycles. The maximum atomic E-state index is 12.6. The zero-order chi connectivity index (χ0) is 22.6. The molecule has 8 heteroatoms. The Hall–Kier alpha value is -2.97. The molecule has 0 aliphatic heterocycles. The predicted molar refractivity (Wildman–Crippen MR) is 118 cm³/mol. The summed E-state index contributed by atoms with van der Waals surface area (Å²) < 4.78 is 38.3. The van der Waals surface area contributed by atoms with E-state index in [1.807, 2.05) is 13.8 Å². The number of carbonyl (C=O) groups is 1. The highest BCUT2D eigenvalue weighted by atomic mass is 32.2. The lowest BCUT2D eigenvalue weighted by Gasteiger charge is -2.16. The zero-order valence-electron chi connectivity index (χ0n) is 17.7. The Morgan fingerprint density at radius 1 is 1.10 bits per heavy atom. The van der Waals surface area contributed by atoms with E-state index in [1.54, 1.807) is 31.2 Å². The Balaban J connectivity index is 1.81. The van der Waals surface area contributed by atoms with Gasteiger partial charge in [0.25, 0.3) is 0 Å². The molecule has 31 heavy (non-hydrogen) atoms. The van der Waals surface area contributed by atoms with Gasteiger partial charge in [0.05, 0.1) is 4.90 Å². The van der Waals surface area contributed by atoms with Crippen molar-refractivity contribution in [1.29, 1.82) is 0 Å². The lowest BCUT2D eigenvalue weighted by Crippen LogP contribution is -2.42.